The Balaban J connectivity index is 1.24. The fourth-order valence-electron chi connectivity index (χ4n) is 4.15. The van der Waals surface area contributed by atoms with Crippen molar-refractivity contribution in [2.45, 2.75) is 20.4 Å². The molecule has 166 valence electrons. The van der Waals surface area contributed by atoms with Gasteiger partial charge in [0.2, 0.25) is 6.79 Å². The molecular formula is C24H28N6O2. The number of benzene rings is 2. The molecule has 0 radical (unpaired) electrons. The highest BCUT2D eigenvalue weighted by molar-refractivity contribution is 5.79. The number of aryl methyl sites for hydroxylation is 2. The summed E-state index contributed by atoms with van der Waals surface area (Å²) >= 11 is 0. The summed E-state index contributed by atoms with van der Waals surface area (Å²) < 4.78 is 10.9. The van der Waals surface area contributed by atoms with Crippen LogP contribution in [0.4, 0.5) is 23.0 Å². The summed E-state index contributed by atoms with van der Waals surface area (Å²) in [5.41, 5.74) is 11.6. The van der Waals surface area contributed by atoms with Crippen molar-refractivity contribution in [3.63, 3.8) is 0 Å². The van der Waals surface area contributed by atoms with E-state index in [0.717, 1.165) is 61.3 Å². The number of anilines is 4. The summed E-state index contributed by atoms with van der Waals surface area (Å²) in [5, 5.41) is 3.39. The molecule has 5 rings (SSSR count). The smallest absolute Gasteiger partial charge is 0.231 e. The van der Waals surface area contributed by atoms with E-state index in [0.29, 0.717) is 18.3 Å². The third-order valence-electron chi connectivity index (χ3n) is 6.02. The molecule has 3 aromatic rings. The van der Waals surface area contributed by atoms with E-state index in [2.05, 4.69) is 69.3 Å². The molecule has 0 atom stereocenters. The van der Waals surface area contributed by atoms with E-state index < -0.39 is 0 Å². The average Bonchev–Trinajstić information content (AvgIpc) is 3.26. The number of ether oxygens (including phenoxy) is 2. The van der Waals surface area contributed by atoms with E-state index in [1.165, 1.54) is 11.1 Å². The fraction of sp³-hybridized carbons (Fsp3) is 0.333. The van der Waals surface area contributed by atoms with E-state index >= 15 is 0 Å². The Morgan fingerprint density at radius 1 is 0.969 bits per heavy atom. The number of nitrogen functional groups attached to an aromatic ring is 1. The van der Waals surface area contributed by atoms with Crippen LogP contribution in [0.5, 0.6) is 11.5 Å². The maximum atomic E-state index is 6.49. The zero-order valence-corrected chi connectivity index (χ0v) is 18.5. The van der Waals surface area contributed by atoms with Crippen LogP contribution < -0.4 is 25.4 Å². The van der Waals surface area contributed by atoms with Crippen LogP contribution in [0.1, 0.15) is 16.7 Å². The van der Waals surface area contributed by atoms with Crippen LogP contribution >= 0.6 is 0 Å². The van der Waals surface area contributed by atoms with Crippen LogP contribution in [0, 0.1) is 13.8 Å². The highest BCUT2D eigenvalue weighted by Gasteiger charge is 2.22. The summed E-state index contributed by atoms with van der Waals surface area (Å²) in [4.78, 5) is 13.6. The monoisotopic (exact) mass is 432 g/mol. The van der Waals surface area contributed by atoms with Gasteiger partial charge in [-0.25, -0.2) is 9.97 Å². The van der Waals surface area contributed by atoms with Gasteiger partial charge in [-0.3, -0.25) is 4.90 Å². The molecule has 3 N–H and O–H groups in total. The molecule has 8 nitrogen and oxygen atoms in total. The van der Waals surface area contributed by atoms with Gasteiger partial charge in [0.15, 0.2) is 23.1 Å². The molecule has 0 aliphatic carbocycles. The molecule has 0 spiro atoms. The van der Waals surface area contributed by atoms with Crippen molar-refractivity contribution in [3.8, 4) is 11.5 Å². The Morgan fingerprint density at radius 3 is 2.62 bits per heavy atom. The number of aromatic nitrogens is 2. The van der Waals surface area contributed by atoms with Gasteiger partial charge in [-0.15, -0.1) is 0 Å². The van der Waals surface area contributed by atoms with E-state index in [1.807, 2.05) is 6.07 Å². The number of nitrogens with zero attached hydrogens (tertiary/aromatic N) is 4. The van der Waals surface area contributed by atoms with Gasteiger partial charge in [0.25, 0.3) is 0 Å². The molecule has 8 heteroatoms. The Kier molecular flexibility index (Phi) is 5.45. The summed E-state index contributed by atoms with van der Waals surface area (Å²) in [5.74, 6) is 3.09. The summed E-state index contributed by atoms with van der Waals surface area (Å²) in [6, 6.07) is 12.5. The Morgan fingerprint density at radius 2 is 1.78 bits per heavy atom. The molecule has 1 saturated heterocycles. The van der Waals surface area contributed by atoms with E-state index in [4.69, 9.17) is 15.2 Å². The van der Waals surface area contributed by atoms with Crippen LogP contribution in [0.3, 0.4) is 0 Å². The largest absolute Gasteiger partial charge is 0.454 e. The molecule has 0 amide bonds. The lowest BCUT2D eigenvalue weighted by molar-refractivity contribution is 0.174. The van der Waals surface area contributed by atoms with Crippen molar-refractivity contribution in [2.24, 2.45) is 0 Å². The first-order valence-corrected chi connectivity index (χ1v) is 10.9. The number of hydrogen-bond acceptors (Lipinski definition) is 8. The fourth-order valence-corrected chi connectivity index (χ4v) is 4.15. The zero-order valence-electron chi connectivity index (χ0n) is 18.5. The number of nitrogens with one attached hydrogen (secondary N) is 1. The van der Waals surface area contributed by atoms with Gasteiger partial charge in [-0.1, -0.05) is 18.2 Å². The van der Waals surface area contributed by atoms with Gasteiger partial charge in [0.1, 0.15) is 12.0 Å². The van der Waals surface area contributed by atoms with Crippen LogP contribution in [0.2, 0.25) is 0 Å². The van der Waals surface area contributed by atoms with Crippen LogP contribution in [-0.2, 0) is 6.54 Å². The first-order chi connectivity index (χ1) is 15.6. The van der Waals surface area contributed by atoms with Crippen LogP contribution in [-0.4, -0.2) is 47.8 Å². The minimum atomic E-state index is 0.304. The van der Waals surface area contributed by atoms with Crippen molar-refractivity contribution in [3.05, 3.63) is 59.4 Å². The second-order valence-electron chi connectivity index (χ2n) is 8.35. The molecule has 32 heavy (non-hydrogen) atoms. The minimum absolute atomic E-state index is 0.304. The number of nitrogens with two attached hydrogens (primary N) is 1. The van der Waals surface area contributed by atoms with Crippen molar-refractivity contribution in [2.75, 3.05) is 48.9 Å². The second-order valence-corrected chi connectivity index (χ2v) is 8.35. The molecule has 0 bridgehead atoms. The molecule has 2 aliphatic rings. The van der Waals surface area contributed by atoms with E-state index in [1.54, 1.807) is 6.33 Å². The molecule has 2 aliphatic heterocycles. The normalized spacial score (nSPS) is 15.8. The molecule has 2 aromatic carbocycles. The number of fused-ring (bicyclic) bond motifs is 1. The highest BCUT2D eigenvalue weighted by Crippen LogP contribution is 2.33. The average molecular weight is 433 g/mol. The molecule has 1 fully saturated rings. The summed E-state index contributed by atoms with van der Waals surface area (Å²) in [6.45, 7) is 8.89. The Bertz CT molecular complexity index is 1130. The van der Waals surface area contributed by atoms with E-state index in [9.17, 15) is 0 Å². The maximum Gasteiger partial charge on any atom is 0.231 e. The third kappa shape index (κ3) is 4.13. The molecular weight excluding hydrogens is 404 g/mol. The molecule has 3 heterocycles. The first kappa shape index (κ1) is 20.4. The highest BCUT2D eigenvalue weighted by atomic mass is 16.7. The predicted octanol–water partition coefficient (Wildman–Crippen LogP) is 3.47. The van der Waals surface area contributed by atoms with Crippen LogP contribution in [0.25, 0.3) is 0 Å². The summed E-state index contributed by atoms with van der Waals surface area (Å²) in [7, 11) is 0. The number of piperazine rings is 1. The minimum Gasteiger partial charge on any atom is -0.454 e. The predicted molar refractivity (Wildman–Crippen MR) is 126 cm³/mol. The van der Waals surface area contributed by atoms with Crippen molar-refractivity contribution in [1.29, 1.82) is 0 Å². The molecule has 0 unspecified atom stereocenters. The molecule has 1 aromatic heterocycles. The van der Waals surface area contributed by atoms with Gasteiger partial charge in [-0.2, -0.15) is 0 Å². The molecule has 0 saturated carbocycles. The lowest BCUT2D eigenvalue weighted by atomic mass is 10.1. The standard InChI is InChI=1S/C24H28N6O2/c1-16-3-4-17(2)19(11-16)28-23-22(25)24(27-14-26-23)30-9-7-29(8-10-30)13-18-5-6-20-21(12-18)32-15-31-20/h3-6,11-12,14H,7-10,13,15,25H2,1-2H3,(H,26,27,28). The van der Waals surface area contributed by atoms with Crippen molar-refractivity contribution >= 4 is 23.0 Å². The zero-order chi connectivity index (χ0) is 22.1. The van der Waals surface area contributed by atoms with Crippen LogP contribution in [0.15, 0.2) is 42.7 Å². The lowest BCUT2D eigenvalue weighted by Gasteiger charge is -2.36. The summed E-state index contributed by atoms with van der Waals surface area (Å²) in [6.07, 6.45) is 1.58. The van der Waals surface area contributed by atoms with Crippen molar-refractivity contribution < 1.29 is 9.47 Å². The Hall–Kier alpha value is -3.52. The number of hydrogen-bond donors (Lipinski definition) is 2. The third-order valence-corrected chi connectivity index (χ3v) is 6.02. The SMILES string of the molecule is Cc1ccc(C)c(Nc2ncnc(N3CCN(Cc4ccc5c(c4)OCO5)CC3)c2N)c1. The quantitative estimate of drug-likeness (QED) is 0.634. The number of rotatable bonds is 5. The second kappa shape index (κ2) is 8.55. The Labute approximate surface area is 188 Å². The van der Waals surface area contributed by atoms with Gasteiger partial charge in [-0.05, 0) is 48.7 Å². The lowest BCUT2D eigenvalue weighted by Crippen LogP contribution is -2.46. The van der Waals surface area contributed by atoms with Crippen molar-refractivity contribution in [1.82, 2.24) is 14.9 Å². The topological polar surface area (TPSA) is 88.8 Å². The first-order valence-electron chi connectivity index (χ1n) is 10.9. The maximum absolute atomic E-state index is 6.49. The van der Waals surface area contributed by atoms with Gasteiger partial charge in [0, 0.05) is 38.4 Å². The van der Waals surface area contributed by atoms with E-state index in [-0.39, 0.29) is 0 Å². The van der Waals surface area contributed by atoms with Gasteiger partial charge >= 0.3 is 0 Å². The van der Waals surface area contributed by atoms with Gasteiger partial charge in [0.05, 0.1) is 0 Å². The van der Waals surface area contributed by atoms with Gasteiger partial charge < -0.3 is 25.4 Å².